The molecule has 1 aliphatic heterocycles. The van der Waals surface area contributed by atoms with E-state index in [0.29, 0.717) is 19.6 Å². The van der Waals surface area contributed by atoms with E-state index in [2.05, 4.69) is 48.6 Å². The van der Waals surface area contributed by atoms with Gasteiger partial charge in [-0.1, -0.05) is 53.7 Å². The smallest absolute Gasteiger partial charge is 0.307 e. The van der Waals surface area contributed by atoms with Crippen LogP contribution in [0.25, 0.3) is 0 Å². The predicted molar refractivity (Wildman–Crippen MR) is 106 cm³/mol. The minimum atomic E-state index is -0.735. The lowest BCUT2D eigenvalue weighted by Gasteiger charge is -2.26. The van der Waals surface area contributed by atoms with Crippen LogP contribution < -0.4 is 5.32 Å². The number of rotatable bonds is 6. The van der Waals surface area contributed by atoms with Crippen molar-refractivity contribution in [3.63, 3.8) is 0 Å². The highest BCUT2D eigenvalue weighted by atomic mass is 16.6. The van der Waals surface area contributed by atoms with Crippen LogP contribution in [0.3, 0.4) is 0 Å². The quantitative estimate of drug-likeness (QED) is 0.606. The van der Waals surface area contributed by atoms with Gasteiger partial charge in [-0.3, -0.25) is 4.79 Å². The lowest BCUT2D eigenvalue weighted by atomic mass is 9.95. The molecule has 2 aromatic rings. The van der Waals surface area contributed by atoms with Crippen molar-refractivity contribution in [2.24, 2.45) is 11.1 Å². The van der Waals surface area contributed by atoms with Gasteiger partial charge in [0.25, 0.3) is 0 Å². The van der Waals surface area contributed by atoms with E-state index in [1.54, 1.807) is 0 Å². The van der Waals surface area contributed by atoms with Crippen molar-refractivity contribution < 1.29 is 14.7 Å². The third-order valence-corrected chi connectivity index (χ3v) is 5.10. The highest BCUT2D eigenvalue weighted by Crippen LogP contribution is 2.19. The Labute approximate surface area is 160 Å². The molecule has 0 unspecified atom stereocenters. The molecule has 0 amide bonds. The number of nitrogens with one attached hydrogen (secondary N) is 1. The summed E-state index contributed by atoms with van der Waals surface area (Å²) in [5.74, 6) is -1.04. The molecule has 0 aliphatic carbocycles. The average molecular weight is 366 g/mol. The maximum atomic E-state index is 11.0. The summed E-state index contributed by atoms with van der Waals surface area (Å²) in [6.07, 6.45) is 1.44. The number of carbonyl (C=O) groups is 1. The largest absolute Gasteiger partial charge is 0.481 e. The van der Waals surface area contributed by atoms with Gasteiger partial charge in [-0.25, -0.2) is 0 Å². The zero-order chi connectivity index (χ0) is 19.2. The number of aryl methyl sites for hydroxylation is 2. The van der Waals surface area contributed by atoms with Gasteiger partial charge in [0.15, 0.2) is 0 Å². The molecule has 0 radical (unpaired) electrons. The van der Waals surface area contributed by atoms with Crippen LogP contribution in [0.1, 0.15) is 35.1 Å². The lowest BCUT2D eigenvalue weighted by molar-refractivity contribution is -0.142. The second-order valence-corrected chi connectivity index (χ2v) is 7.08. The first kappa shape index (κ1) is 19.1. The molecule has 0 aromatic heterocycles. The van der Waals surface area contributed by atoms with E-state index in [9.17, 15) is 4.79 Å². The zero-order valence-corrected chi connectivity index (χ0v) is 15.8. The van der Waals surface area contributed by atoms with Gasteiger partial charge in [0, 0.05) is 23.7 Å². The Balaban J connectivity index is 1.75. The van der Waals surface area contributed by atoms with Crippen LogP contribution in [0.15, 0.2) is 53.7 Å². The number of hydrogen-bond acceptors (Lipinski definition) is 4. The van der Waals surface area contributed by atoms with Crippen LogP contribution in [0.5, 0.6) is 0 Å². The molecule has 1 fully saturated rings. The number of piperidine rings is 1. The number of aliphatic carboxylic acids is 1. The SMILES string of the molecule is Cc1ccccc1C(=NOC[C@H]1CC[C@@H](C(=O)O)CN1)c1ccccc1C. The molecule has 2 atom stereocenters. The summed E-state index contributed by atoms with van der Waals surface area (Å²) in [6.45, 7) is 5.04. The van der Waals surface area contributed by atoms with Gasteiger partial charge in [0.2, 0.25) is 0 Å². The van der Waals surface area contributed by atoms with Gasteiger partial charge in [-0.05, 0) is 37.8 Å². The Kier molecular flexibility index (Phi) is 6.24. The molecule has 0 saturated carbocycles. The predicted octanol–water partition coefficient (Wildman–Crippen LogP) is 3.53. The van der Waals surface area contributed by atoms with E-state index in [4.69, 9.17) is 9.94 Å². The molecule has 5 nitrogen and oxygen atoms in total. The summed E-state index contributed by atoms with van der Waals surface area (Å²) in [6, 6.07) is 16.4. The van der Waals surface area contributed by atoms with Crippen molar-refractivity contribution in [1.29, 1.82) is 0 Å². The van der Waals surface area contributed by atoms with Gasteiger partial charge < -0.3 is 15.3 Å². The Morgan fingerprint density at radius 2 is 1.67 bits per heavy atom. The van der Waals surface area contributed by atoms with E-state index in [1.165, 1.54) is 0 Å². The molecular weight excluding hydrogens is 340 g/mol. The van der Waals surface area contributed by atoms with Crippen molar-refractivity contribution in [3.8, 4) is 0 Å². The van der Waals surface area contributed by atoms with Crippen molar-refractivity contribution in [3.05, 3.63) is 70.8 Å². The fourth-order valence-electron chi connectivity index (χ4n) is 3.38. The summed E-state index contributed by atoms with van der Waals surface area (Å²) in [5.41, 5.74) is 5.21. The maximum Gasteiger partial charge on any atom is 0.307 e. The molecule has 1 saturated heterocycles. The van der Waals surface area contributed by atoms with Crippen LogP contribution in [-0.2, 0) is 9.63 Å². The third-order valence-electron chi connectivity index (χ3n) is 5.10. The average Bonchev–Trinajstić information content (AvgIpc) is 2.67. The molecule has 142 valence electrons. The summed E-state index contributed by atoms with van der Waals surface area (Å²) in [7, 11) is 0. The standard InChI is InChI=1S/C22H26N2O3/c1-15-7-3-5-9-19(15)21(20-10-6-4-8-16(20)2)24-27-14-18-12-11-17(13-23-18)22(25)26/h3-10,17-18,23H,11-14H2,1-2H3,(H,25,26)/t17-,18-/m1/s1. The molecular formula is C22H26N2O3. The second-order valence-electron chi connectivity index (χ2n) is 7.08. The van der Waals surface area contributed by atoms with Gasteiger partial charge >= 0.3 is 5.97 Å². The molecule has 2 aromatic carbocycles. The zero-order valence-electron chi connectivity index (χ0n) is 15.8. The third kappa shape index (κ3) is 4.74. The van der Waals surface area contributed by atoms with E-state index in [0.717, 1.165) is 34.4 Å². The fourth-order valence-corrected chi connectivity index (χ4v) is 3.38. The minimum Gasteiger partial charge on any atom is -0.481 e. The Hall–Kier alpha value is -2.66. The van der Waals surface area contributed by atoms with E-state index >= 15 is 0 Å². The van der Waals surface area contributed by atoms with Crippen molar-refractivity contribution in [2.75, 3.05) is 13.2 Å². The van der Waals surface area contributed by atoms with Crippen molar-refractivity contribution in [1.82, 2.24) is 5.32 Å². The summed E-state index contributed by atoms with van der Waals surface area (Å²) in [5, 5.41) is 16.8. The minimum absolute atomic E-state index is 0.124. The molecule has 0 bridgehead atoms. The van der Waals surface area contributed by atoms with Crippen LogP contribution in [-0.4, -0.2) is 36.0 Å². The first-order valence-electron chi connectivity index (χ1n) is 9.34. The van der Waals surface area contributed by atoms with Crippen molar-refractivity contribution in [2.45, 2.75) is 32.7 Å². The van der Waals surface area contributed by atoms with Gasteiger partial charge in [0.1, 0.15) is 12.3 Å². The first-order chi connectivity index (χ1) is 13.1. The van der Waals surface area contributed by atoms with Crippen LogP contribution in [0.4, 0.5) is 0 Å². The monoisotopic (exact) mass is 366 g/mol. The van der Waals surface area contributed by atoms with Crippen LogP contribution in [0.2, 0.25) is 0 Å². The Morgan fingerprint density at radius 3 is 2.15 bits per heavy atom. The van der Waals surface area contributed by atoms with Gasteiger partial charge in [-0.15, -0.1) is 0 Å². The molecule has 1 heterocycles. The second kappa shape index (κ2) is 8.82. The summed E-state index contributed by atoms with van der Waals surface area (Å²) >= 11 is 0. The van der Waals surface area contributed by atoms with Crippen LogP contribution >= 0.6 is 0 Å². The Morgan fingerprint density at radius 1 is 1.07 bits per heavy atom. The topological polar surface area (TPSA) is 70.9 Å². The van der Waals surface area contributed by atoms with Crippen molar-refractivity contribution >= 4 is 11.7 Å². The fraction of sp³-hybridized carbons (Fsp3) is 0.364. The normalized spacial score (nSPS) is 19.3. The number of carboxylic acid groups (broad SMARTS) is 1. The summed E-state index contributed by atoms with van der Waals surface area (Å²) < 4.78 is 0. The first-order valence-corrected chi connectivity index (χ1v) is 9.34. The van der Waals surface area contributed by atoms with E-state index < -0.39 is 5.97 Å². The highest BCUT2D eigenvalue weighted by Gasteiger charge is 2.25. The molecule has 3 rings (SSSR count). The van der Waals surface area contributed by atoms with E-state index in [-0.39, 0.29) is 12.0 Å². The summed E-state index contributed by atoms with van der Waals surface area (Å²) in [4.78, 5) is 16.8. The number of carboxylic acids is 1. The van der Waals surface area contributed by atoms with E-state index in [1.807, 2.05) is 24.3 Å². The van der Waals surface area contributed by atoms with Gasteiger partial charge in [-0.2, -0.15) is 0 Å². The Bertz CT molecular complexity index is 776. The number of benzene rings is 2. The number of nitrogens with zero attached hydrogens (tertiary/aromatic N) is 1. The lowest BCUT2D eigenvalue weighted by Crippen LogP contribution is -2.43. The van der Waals surface area contributed by atoms with Crippen LogP contribution in [0, 0.1) is 19.8 Å². The molecule has 5 heteroatoms. The maximum absolute atomic E-state index is 11.0. The number of hydrogen-bond donors (Lipinski definition) is 2. The highest BCUT2D eigenvalue weighted by molar-refractivity contribution is 6.14. The number of oxime groups is 1. The molecule has 2 N–H and O–H groups in total. The van der Waals surface area contributed by atoms with Gasteiger partial charge in [0.05, 0.1) is 5.92 Å². The molecule has 0 spiro atoms. The molecule has 27 heavy (non-hydrogen) atoms. The molecule has 1 aliphatic rings.